The molecule has 1 N–H and O–H groups in total. The van der Waals surface area contributed by atoms with Crippen LogP contribution in [0.25, 0.3) is 0 Å². The van der Waals surface area contributed by atoms with Gasteiger partial charge in [-0.15, -0.1) is 0 Å². The molecule has 1 nitrogen and oxygen atoms in total. The third-order valence-electron chi connectivity index (χ3n) is 3.21. The summed E-state index contributed by atoms with van der Waals surface area (Å²) in [6.45, 7) is 0. The zero-order valence-corrected chi connectivity index (χ0v) is 8.52. The molecule has 0 unspecified atom stereocenters. The lowest BCUT2D eigenvalue weighted by molar-refractivity contribution is 0.0700. The number of aliphatic hydroxyl groups is 1. The van der Waals surface area contributed by atoms with Gasteiger partial charge in [0, 0.05) is 0 Å². The minimum absolute atomic E-state index is 0.0658. The number of benzene rings is 1. The molecule has 1 aliphatic rings. The van der Waals surface area contributed by atoms with Crippen molar-refractivity contribution < 1.29 is 5.11 Å². The number of aliphatic hydroxyl groups excluding tert-OH is 1. The quantitative estimate of drug-likeness (QED) is 0.760. The molecule has 76 valence electrons. The van der Waals surface area contributed by atoms with E-state index in [2.05, 4.69) is 24.3 Å². The summed E-state index contributed by atoms with van der Waals surface area (Å²) in [5, 5.41) is 9.83. The van der Waals surface area contributed by atoms with Gasteiger partial charge >= 0.3 is 0 Å². The Morgan fingerprint density at radius 3 is 2.50 bits per heavy atom. The Hall–Kier alpha value is -0.820. The highest BCUT2D eigenvalue weighted by molar-refractivity contribution is 5.15. The van der Waals surface area contributed by atoms with E-state index in [1.165, 1.54) is 24.8 Å². The van der Waals surface area contributed by atoms with E-state index < -0.39 is 0 Å². The van der Waals surface area contributed by atoms with E-state index in [0.29, 0.717) is 5.92 Å². The standard InChI is InChI=1S/C13H18O/c14-13-9-5-4-8-12(13)10-11-6-2-1-3-7-11/h1-3,6-7,12-14H,4-5,8-10H2/t12-,13-/m0/s1. The molecule has 0 heterocycles. The zero-order chi connectivity index (χ0) is 9.80. The SMILES string of the molecule is O[C@H]1CCCC[C@H]1Cc1ccccc1. The van der Waals surface area contributed by atoms with E-state index in [-0.39, 0.29) is 6.10 Å². The smallest absolute Gasteiger partial charge is 0.0571 e. The molecule has 0 aliphatic heterocycles. The van der Waals surface area contributed by atoms with Crippen molar-refractivity contribution in [2.75, 3.05) is 0 Å². The maximum Gasteiger partial charge on any atom is 0.0571 e. The van der Waals surface area contributed by atoms with Gasteiger partial charge in [-0.1, -0.05) is 43.2 Å². The second-order valence-electron chi connectivity index (χ2n) is 4.30. The second kappa shape index (κ2) is 4.61. The van der Waals surface area contributed by atoms with Crippen molar-refractivity contribution in [2.45, 2.75) is 38.2 Å². The molecular weight excluding hydrogens is 172 g/mol. The van der Waals surface area contributed by atoms with Gasteiger partial charge < -0.3 is 5.11 Å². The van der Waals surface area contributed by atoms with Crippen molar-refractivity contribution in [3.63, 3.8) is 0 Å². The fourth-order valence-corrected chi connectivity index (χ4v) is 2.34. The lowest BCUT2D eigenvalue weighted by atomic mass is 9.82. The molecule has 0 amide bonds. The molecule has 0 radical (unpaired) electrons. The molecular formula is C13H18O. The molecule has 2 atom stereocenters. The van der Waals surface area contributed by atoms with Crippen LogP contribution in [0, 0.1) is 5.92 Å². The first-order valence-corrected chi connectivity index (χ1v) is 5.58. The van der Waals surface area contributed by atoms with Crippen molar-refractivity contribution >= 4 is 0 Å². The molecule has 2 rings (SSSR count). The first-order valence-electron chi connectivity index (χ1n) is 5.58. The third-order valence-corrected chi connectivity index (χ3v) is 3.21. The summed E-state index contributed by atoms with van der Waals surface area (Å²) in [4.78, 5) is 0. The van der Waals surface area contributed by atoms with Crippen molar-refractivity contribution in [1.29, 1.82) is 0 Å². The van der Waals surface area contributed by atoms with Crippen LogP contribution in [0.4, 0.5) is 0 Å². The number of rotatable bonds is 2. The molecule has 0 spiro atoms. The van der Waals surface area contributed by atoms with Crippen molar-refractivity contribution in [3.8, 4) is 0 Å². The molecule has 1 aromatic carbocycles. The van der Waals surface area contributed by atoms with Crippen LogP contribution in [-0.4, -0.2) is 11.2 Å². The van der Waals surface area contributed by atoms with Crippen LogP contribution in [-0.2, 0) is 6.42 Å². The van der Waals surface area contributed by atoms with E-state index in [1.54, 1.807) is 0 Å². The predicted molar refractivity (Wildman–Crippen MR) is 58.1 cm³/mol. The summed E-state index contributed by atoms with van der Waals surface area (Å²) >= 11 is 0. The van der Waals surface area contributed by atoms with Gasteiger partial charge in [-0.05, 0) is 30.7 Å². The van der Waals surface area contributed by atoms with Gasteiger partial charge in [0.15, 0.2) is 0 Å². The maximum absolute atomic E-state index is 9.83. The second-order valence-corrected chi connectivity index (χ2v) is 4.30. The Balaban J connectivity index is 1.96. The molecule has 1 saturated carbocycles. The Bertz CT molecular complexity index is 268. The fourth-order valence-electron chi connectivity index (χ4n) is 2.34. The van der Waals surface area contributed by atoms with Gasteiger partial charge in [0.05, 0.1) is 6.10 Å². The Morgan fingerprint density at radius 1 is 1.07 bits per heavy atom. The van der Waals surface area contributed by atoms with Gasteiger partial charge in [-0.25, -0.2) is 0 Å². The molecule has 1 aliphatic carbocycles. The average Bonchev–Trinajstić information content (AvgIpc) is 2.23. The first-order chi connectivity index (χ1) is 6.86. The van der Waals surface area contributed by atoms with Crippen LogP contribution in [0.1, 0.15) is 31.2 Å². The largest absolute Gasteiger partial charge is 0.393 e. The number of hydrogen-bond donors (Lipinski definition) is 1. The fraction of sp³-hybridized carbons (Fsp3) is 0.538. The zero-order valence-electron chi connectivity index (χ0n) is 8.52. The summed E-state index contributed by atoms with van der Waals surface area (Å²) < 4.78 is 0. The third kappa shape index (κ3) is 2.36. The summed E-state index contributed by atoms with van der Waals surface area (Å²) in [6, 6.07) is 10.5. The van der Waals surface area contributed by atoms with Crippen LogP contribution in [0.15, 0.2) is 30.3 Å². The highest BCUT2D eigenvalue weighted by atomic mass is 16.3. The molecule has 1 heteroatoms. The highest BCUT2D eigenvalue weighted by Gasteiger charge is 2.22. The van der Waals surface area contributed by atoms with Crippen molar-refractivity contribution in [3.05, 3.63) is 35.9 Å². The highest BCUT2D eigenvalue weighted by Crippen LogP contribution is 2.27. The lowest BCUT2D eigenvalue weighted by Crippen LogP contribution is -2.26. The van der Waals surface area contributed by atoms with Gasteiger partial charge in [-0.2, -0.15) is 0 Å². The molecule has 0 aromatic heterocycles. The molecule has 1 aromatic rings. The van der Waals surface area contributed by atoms with E-state index in [4.69, 9.17) is 0 Å². The van der Waals surface area contributed by atoms with Gasteiger partial charge in [-0.3, -0.25) is 0 Å². The molecule has 0 bridgehead atoms. The predicted octanol–water partition coefficient (Wildman–Crippen LogP) is 2.78. The summed E-state index contributed by atoms with van der Waals surface area (Å²) in [7, 11) is 0. The maximum atomic E-state index is 9.83. The summed E-state index contributed by atoms with van der Waals surface area (Å²) in [5.41, 5.74) is 1.36. The van der Waals surface area contributed by atoms with Crippen LogP contribution in [0.2, 0.25) is 0 Å². The van der Waals surface area contributed by atoms with Gasteiger partial charge in [0.1, 0.15) is 0 Å². The Morgan fingerprint density at radius 2 is 1.79 bits per heavy atom. The van der Waals surface area contributed by atoms with E-state index >= 15 is 0 Å². The normalized spacial score (nSPS) is 27.5. The minimum Gasteiger partial charge on any atom is -0.393 e. The Labute approximate surface area is 85.8 Å². The Kier molecular flexibility index (Phi) is 3.20. The van der Waals surface area contributed by atoms with E-state index in [1.807, 2.05) is 6.07 Å². The van der Waals surface area contributed by atoms with Crippen LogP contribution in [0.5, 0.6) is 0 Å². The molecule has 14 heavy (non-hydrogen) atoms. The van der Waals surface area contributed by atoms with Crippen LogP contribution < -0.4 is 0 Å². The minimum atomic E-state index is -0.0658. The van der Waals surface area contributed by atoms with Gasteiger partial charge in [0.25, 0.3) is 0 Å². The topological polar surface area (TPSA) is 20.2 Å². The van der Waals surface area contributed by atoms with E-state index in [9.17, 15) is 5.11 Å². The molecule has 0 saturated heterocycles. The number of hydrogen-bond acceptors (Lipinski definition) is 1. The monoisotopic (exact) mass is 190 g/mol. The van der Waals surface area contributed by atoms with E-state index in [0.717, 1.165) is 12.8 Å². The van der Waals surface area contributed by atoms with Crippen molar-refractivity contribution in [2.24, 2.45) is 5.92 Å². The summed E-state index contributed by atoms with van der Waals surface area (Å²) in [6.07, 6.45) is 5.65. The first kappa shape index (κ1) is 9.72. The van der Waals surface area contributed by atoms with Crippen molar-refractivity contribution in [1.82, 2.24) is 0 Å². The lowest BCUT2D eigenvalue weighted by Gasteiger charge is -2.27. The average molecular weight is 190 g/mol. The summed E-state index contributed by atoms with van der Waals surface area (Å²) in [5.74, 6) is 0.492. The van der Waals surface area contributed by atoms with Gasteiger partial charge in [0.2, 0.25) is 0 Å². The van der Waals surface area contributed by atoms with Crippen LogP contribution >= 0.6 is 0 Å². The molecule has 1 fully saturated rings. The van der Waals surface area contributed by atoms with Crippen LogP contribution in [0.3, 0.4) is 0 Å².